The van der Waals surface area contributed by atoms with Crippen LogP contribution in [-0.2, 0) is 9.53 Å². The third-order valence-electron chi connectivity index (χ3n) is 6.17. The van der Waals surface area contributed by atoms with Gasteiger partial charge in [0.1, 0.15) is 10.8 Å². The number of nitrogens with zero attached hydrogens (tertiary/aromatic N) is 3. The van der Waals surface area contributed by atoms with E-state index in [-0.39, 0.29) is 5.92 Å². The number of carbonyl (C=O) groups is 1. The summed E-state index contributed by atoms with van der Waals surface area (Å²) in [5.41, 5.74) is 2.08. The molecule has 2 heterocycles. The summed E-state index contributed by atoms with van der Waals surface area (Å²) >= 11 is 1.57. The minimum absolute atomic E-state index is 0.201. The molecule has 0 aliphatic heterocycles. The molecule has 1 fully saturated rings. The van der Waals surface area contributed by atoms with E-state index in [1.165, 1.54) is 6.42 Å². The van der Waals surface area contributed by atoms with Gasteiger partial charge in [-0.2, -0.15) is 5.10 Å². The predicted molar refractivity (Wildman–Crippen MR) is 124 cm³/mol. The van der Waals surface area contributed by atoms with E-state index in [9.17, 15) is 9.90 Å². The second-order valence-corrected chi connectivity index (χ2v) is 9.42. The molecule has 1 saturated carbocycles. The van der Waals surface area contributed by atoms with Crippen molar-refractivity contribution in [2.45, 2.75) is 57.3 Å². The maximum absolute atomic E-state index is 11.2. The van der Waals surface area contributed by atoms with Gasteiger partial charge in [0.2, 0.25) is 4.96 Å². The standard InChI is InChI=1S/C24H31N3O4S/c1-30-14-4-2-3-5-15-31-20-12-10-18(11-13-20)22-26-27-16-21(25-24(27)32-22)17-6-8-19(9-7-17)23(28)29/h10-13,16-17,19H,2-9,14-15H2,1H3,(H,28,29). The molecular weight excluding hydrogens is 426 g/mol. The van der Waals surface area contributed by atoms with Crippen molar-refractivity contribution in [3.8, 4) is 16.3 Å². The average Bonchev–Trinajstić information content (AvgIpc) is 3.39. The molecule has 0 spiro atoms. The molecule has 3 aromatic rings. The van der Waals surface area contributed by atoms with Crippen LogP contribution >= 0.6 is 11.3 Å². The lowest BCUT2D eigenvalue weighted by molar-refractivity contribution is -0.142. The summed E-state index contributed by atoms with van der Waals surface area (Å²) in [5, 5.41) is 14.8. The summed E-state index contributed by atoms with van der Waals surface area (Å²) in [6, 6.07) is 8.08. The number of hydrogen-bond donors (Lipinski definition) is 1. The second kappa shape index (κ2) is 10.9. The van der Waals surface area contributed by atoms with Crippen LogP contribution in [0.3, 0.4) is 0 Å². The molecule has 0 amide bonds. The summed E-state index contributed by atoms with van der Waals surface area (Å²) in [4.78, 5) is 16.8. The van der Waals surface area contributed by atoms with Crippen LogP contribution in [0, 0.1) is 5.92 Å². The smallest absolute Gasteiger partial charge is 0.306 e. The first kappa shape index (κ1) is 22.7. The van der Waals surface area contributed by atoms with Gasteiger partial charge in [-0.25, -0.2) is 9.50 Å². The fourth-order valence-corrected chi connectivity index (χ4v) is 5.15. The Morgan fingerprint density at radius 2 is 1.81 bits per heavy atom. The minimum atomic E-state index is -0.671. The third kappa shape index (κ3) is 5.66. The SMILES string of the molecule is COCCCCCCOc1ccc(-c2nn3cc(C4CCC(C(=O)O)CC4)nc3s2)cc1. The molecule has 32 heavy (non-hydrogen) atoms. The van der Waals surface area contributed by atoms with Gasteiger partial charge in [0, 0.05) is 25.2 Å². The number of unbranched alkanes of at least 4 members (excludes halogenated alkanes) is 3. The van der Waals surface area contributed by atoms with Gasteiger partial charge in [-0.15, -0.1) is 0 Å². The van der Waals surface area contributed by atoms with Gasteiger partial charge in [0.05, 0.1) is 24.4 Å². The number of ether oxygens (including phenoxy) is 2. The summed E-state index contributed by atoms with van der Waals surface area (Å²) in [7, 11) is 1.74. The molecule has 1 N–H and O–H groups in total. The Hall–Kier alpha value is -2.45. The highest BCUT2D eigenvalue weighted by Gasteiger charge is 2.28. The molecular formula is C24H31N3O4S. The zero-order valence-electron chi connectivity index (χ0n) is 18.5. The fraction of sp³-hybridized carbons (Fsp3) is 0.542. The first-order valence-electron chi connectivity index (χ1n) is 11.4. The molecule has 0 radical (unpaired) electrons. The number of hydrogen-bond acceptors (Lipinski definition) is 6. The van der Waals surface area contributed by atoms with Crippen molar-refractivity contribution in [1.29, 1.82) is 0 Å². The van der Waals surface area contributed by atoms with Gasteiger partial charge in [-0.1, -0.05) is 17.8 Å². The quantitative estimate of drug-likeness (QED) is 0.388. The van der Waals surface area contributed by atoms with Crippen molar-refractivity contribution in [2.75, 3.05) is 20.3 Å². The van der Waals surface area contributed by atoms with E-state index in [4.69, 9.17) is 19.6 Å². The van der Waals surface area contributed by atoms with Crippen LogP contribution in [0.4, 0.5) is 0 Å². The van der Waals surface area contributed by atoms with E-state index in [0.717, 1.165) is 85.1 Å². The highest BCUT2D eigenvalue weighted by Crippen LogP contribution is 2.36. The Labute approximate surface area is 192 Å². The molecule has 0 atom stereocenters. The Kier molecular flexibility index (Phi) is 7.76. The number of carboxylic acid groups (broad SMARTS) is 1. The van der Waals surface area contributed by atoms with Gasteiger partial charge in [0.25, 0.3) is 0 Å². The van der Waals surface area contributed by atoms with Gasteiger partial charge in [-0.3, -0.25) is 4.79 Å². The highest BCUT2D eigenvalue weighted by atomic mass is 32.1. The number of aromatic nitrogens is 3. The largest absolute Gasteiger partial charge is 0.494 e. The Morgan fingerprint density at radius 3 is 2.47 bits per heavy atom. The number of benzene rings is 1. The summed E-state index contributed by atoms with van der Waals surface area (Å²) < 4.78 is 12.8. The molecule has 1 aliphatic carbocycles. The van der Waals surface area contributed by atoms with E-state index >= 15 is 0 Å². The van der Waals surface area contributed by atoms with Crippen LogP contribution in [0.25, 0.3) is 15.5 Å². The highest BCUT2D eigenvalue weighted by molar-refractivity contribution is 7.19. The number of carboxylic acids is 1. The molecule has 0 saturated heterocycles. The lowest BCUT2D eigenvalue weighted by Gasteiger charge is -2.24. The van der Waals surface area contributed by atoms with Crippen molar-refractivity contribution in [2.24, 2.45) is 5.92 Å². The van der Waals surface area contributed by atoms with E-state index in [1.807, 2.05) is 35.0 Å². The molecule has 172 valence electrons. The van der Waals surface area contributed by atoms with Crippen LogP contribution in [0.1, 0.15) is 63.0 Å². The summed E-state index contributed by atoms with van der Waals surface area (Å²) in [6.45, 7) is 1.56. The van der Waals surface area contributed by atoms with E-state index in [1.54, 1.807) is 18.4 Å². The number of rotatable bonds is 11. The second-order valence-electron chi connectivity index (χ2n) is 8.47. The molecule has 4 rings (SSSR count). The van der Waals surface area contributed by atoms with Crippen LogP contribution in [0.15, 0.2) is 30.5 Å². The van der Waals surface area contributed by atoms with E-state index in [2.05, 4.69) is 0 Å². The maximum Gasteiger partial charge on any atom is 0.306 e. The Morgan fingerprint density at radius 1 is 1.09 bits per heavy atom. The van der Waals surface area contributed by atoms with Gasteiger partial charge < -0.3 is 14.6 Å². The molecule has 0 unspecified atom stereocenters. The van der Waals surface area contributed by atoms with Crippen molar-refractivity contribution in [1.82, 2.24) is 14.6 Å². The fourth-order valence-electron chi connectivity index (χ4n) is 4.25. The number of methoxy groups -OCH3 is 1. The Balaban J connectivity index is 1.29. The van der Waals surface area contributed by atoms with Gasteiger partial charge >= 0.3 is 5.97 Å². The third-order valence-corrected chi connectivity index (χ3v) is 7.14. The van der Waals surface area contributed by atoms with Gasteiger partial charge in [-0.05, 0) is 69.2 Å². The van der Waals surface area contributed by atoms with Crippen molar-refractivity contribution in [3.63, 3.8) is 0 Å². The summed E-state index contributed by atoms with van der Waals surface area (Å²) in [5.74, 6) is 0.341. The van der Waals surface area contributed by atoms with E-state index < -0.39 is 5.97 Å². The molecule has 0 bridgehead atoms. The zero-order chi connectivity index (χ0) is 22.3. The lowest BCUT2D eigenvalue weighted by Crippen LogP contribution is -2.20. The lowest BCUT2D eigenvalue weighted by atomic mass is 9.81. The zero-order valence-corrected chi connectivity index (χ0v) is 19.4. The predicted octanol–water partition coefficient (Wildman–Crippen LogP) is 5.40. The average molecular weight is 458 g/mol. The molecule has 2 aromatic heterocycles. The maximum atomic E-state index is 11.2. The van der Waals surface area contributed by atoms with Crippen LogP contribution < -0.4 is 4.74 Å². The molecule has 1 aliphatic rings. The normalized spacial score (nSPS) is 18.8. The van der Waals surface area contributed by atoms with Crippen molar-refractivity contribution in [3.05, 3.63) is 36.2 Å². The first-order valence-corrected chi connectivity index (χ1v) is 12.3. The van der Waals surface area contributed by atoms with Crippen molar-refractivity contribution >= 4 is 22.3 Å². The van der Waals surface area contributed by atoms with Crippen LogP contribution in [0.2, 0.25) is 0 Å². The van der Waals surface area contributed by atoms with Gasteiger partial charge in [0.15, 0.2) is 0 Å². The topological polar surface area (TPSA) is 86.0 Å². The monoisotopic (exact) mass is 457 g/mol. The number of fused-ring (bicyclic) bond motifs is 1. The molecule has 8 heteroatoms. The minimum Gasteiger partial charge on any atom is -0.494 e. The molecule has 7 nitrogen and oxygen atoms in total. The summed E-state index contributed by atoms with van der Waals surface area (Å²) in [6.07, 6.45) is 9.71. The first-order chi connectivity index (χ1) is 15.6. The van der Waals surface area contributed by atoms with Crippen molar-refractivity contribution < 1.29 is 19.4 Å². The Bertz CT molecular complexity index is 975. The van der Waals surface area contributed by atoms with Crippen LogP contribution in [-0.4, -0.2) is 46.0 Å². The number of imidazole rings is 1. The van der Waals surface area contributed by atoms with E-state index in [0.29, 0.717) is 5.92 Å². The van der Waals surface area contributed by atoms with Crippen LogP contribution in [0.5, 0.6) is 5.75 Å². The number of aliphatic carboxylic acids is 1. The molecule has 1 aromatic carbocycles.